The number of hydrogen-bond acceptors (Lipinski definition) is 3. The number of benzene rings is 1. The van der Waals surface area contributed by atoms with E-state index < -0.39 is 6.09 Å². The van der Waals surface area contributed by atoms with Crippen molar-refractivity contribution < 1.29 is 9.90 Å². The third-order valence-electron chi connectivity index (χ3n) is 4.58. The smallest absolute Gasteiger partial charge is 0.407 e. The summed E-state index contributed by atoms with van der Waals surface area (Å²) in [5.41, 5.74) is 2.23. The molecule has 124 valence electrons. The number of carboxylic acid groups (broad SMARTS) is 1. The zero-order valence-corrected chi connectivity index (χ0v) is 14.9. The number of rotatable bonds is 1. The van der Waals surface area contributed by atoms with Crippen LogP contribution < -0.4 is 5.56 Å². The number of aromatic nitrogens is 3. The SMILES string of the molecule is O=C(O)N1CCC(c2cc(=O)[nH]c3c4cc(I)ccc4nn23)CC1. The molecule has 3 aromatic rings. The van der Waals surface area contributed by atoms with Crippen LogP contribution in [0.5, 0.6) is 0 Å². The zero-order valence-electron chi connectivity index (χ0n) is 12.7. The van der Waals surface area contributed by atoms with Crippen LogP contribution in [0, 0.1) is 3.57 Å². The number of piperidine rings is 1. The molecule has 1 aliphatic heterocycles. The highest BCUT2D eigenvalue weighted by atomic mass is 127. The van der Waals surface area contributed by atoms with Gasteiger partial charge in [-0.2, -0.15) is 5.10 Å². The maximum absolute atomic E-state index is 12.1. The summed E-state index contributed by atoms with van der Waals surface area (Å²) in [6, 6.07) is 7.52. The molecule has 0 unspecified atom stereocenters. The van der Waals surface area contributed by atoms with Crippen LogP contribution in [0.3, 0.4) is 0 Å². The number of halogens is 1. The Morgan fingerprint density at radius 2 is 2.04 bits per heavy atom. The first kappa shape index (κ1) is 15.4. The topological polar surface area (TPSA) is 90.7 Å². The van der Waals surface area contributed by atoms with Crippen molar-refractivity contribution in [2.45, 2.75) is 18.8 Å². The second-order valence-electron chi connectivity index (χ2n) is 6.02. The Morgan fingerprint density at radius 1 is 1.29 bits per heavy atom. The minimum Gasteiger partial charge on any atom is -0.465 e. The monoisotopic (exact) mass is 438 g/mol. The van der Waals surface area contributed by atoms with E-state index in [0.29, 0.717) is 31.6 Å². The van der Waals surface area contributed by atoms with Crippen molar-refractivity contribution in [1.29, 1.82) is 0 Å². The molecule has 0 aliphatic carbocycles. The first-order valence-electron chi connectivity index (χ1n) is 7.72. The second kappa shape index (κ2) is 5.76. The van der Waals surface area contributed by atoms with Gasteiger partial charge in [0.1, 0.15) is 5.65 Å². The lowest BCUT2D eigenvalue weighted by Crippen LogP contribution is -2.37. The van der Waals surface area contributed by atoms with Crippen molar-refractivity contribution in [3.05, 3.63) is 43.9 Å². The van der Waals surface area contributed by atoms with Gasteiger partial charge < -0.3 is 15.0 Å². The highest BCUT2D eigenvalue weighted by Crippen LogP contribution is 2.29. The molecule has 8 heteroatoms. The molecule has 2 N–H and O–H groups in total. The standard InChI is InChI=1S/C16H15IN4O3/c17-10-1-2-12-11(7-10)15-18-14(22)8-13(21(15)19-12)9-3-5-20(6-4-9)16(23)24/h1-2,7-9H,3-6H2,(H,18,22)(H,23,24). The van der Waals surface area contributed by atoms with Crippen LogP contribution in [0.25, 0.3) is 16.6 Å². The molecule has 1 aliphatic rings. The van der Waals surface area contributed by atoms with Crippen LogP contribution in [0.15, 0.2) is 29.1 Å². The Labute approximate surface area is 150 Å². The lowest BCUT2D eigenvalue weighted by atomic mass is 9.93. The molecule has 2 aromatic heterocycles. The van der Waals surface area contributed by atoms with Gasteiger partial charge in [-0.25, -0.2) is 9.31 Å². The van der Waals surface area contributed by atoms with E-state index in [0.717, 1.165) is 20.2 Å². The summed E-state index contributed by atoms with van der Waals surface area (Å²) in [5.74, 6) is 0.124. The number of nitrogens with one attached hydrogen (secondary N) is 1. The van der Waals surface area contributed by atoms with Crippen LogP contribution in [0.1, 0.15) is 24.5 Å². The summed E-state index contributed by atoms with van der Waals surface area (Å²) < 4.78 is 2.89. The maximum Gasteiger partial charge on any atom is 0.407 e. The van der Waals surface area contributed by atoms with Gasteiger partial charge in [-0.1, -0.05) is 0 Å². The van der Waals surface area contributed by atoms with Gasteiger partial charge in [-0.05, 0) is 53.6 Å². The second-order valence-corrected chi connectivity index (χ2v) is 7.27. The molecule has 0 spiro atoms. The van der Waals surface area contributed by atoms with Crippen molar-refractivity contribution in [3.8, 4) is 0 Å². The molecule has 7 nitrogen and oxygen atoms in total. The Kier molecular flexibility index (Phi) is 3.70. The Bertz CT molecular complexity index is 1000. The van der Waals surface area contributed by atoms with Crippen molar-refractivity contribution >= 4 is 45.2 Å². The van der Waals surface area contributed by atoms with E-state index in [1.165, 1.54) is 4.90 Å². The highest BCUT2D eigenvalue weighted by molar-refractivity contribution is 14.1. The zero-order chi connectivity index (χ0) is 16.8. The lowest BCUT2D eigenvalue weighted by Gasteiger charge is -2.30. The molecule has 4 rings (SSSR count). The van der Waals surface area contributed by atoms with E-state index in [1.54, 1.807) is 6.07 Å². The Balaban J connectivity index is 1.82. The number of carbonyl (C=O) groups is 1. The van der Waals surface area contributed by atoms with Crippen LogP contribution >= 0.6 is 22.6 Å². The predicted octanol–water partition coefficient (Wildman–Crippen LogP) is 2.64. The van der Waals surface area contributed by atoms with Crippen LogP contribution in [0.2, 0.25) is 0 Å². The summed E-state index contributed by atoms with van der Waals surface area (Å²) in [5, 5.41) is 14.6. The van der Waals surface area contributed by atoms with E-state index >= 15 is 0 Å². The molecule has 0 atom stereocenters. The molecule has 0 bridgehead atoms. The van der Waals surface area contributed by atoms with Crippen LogP contribution in [-0.4, -0.2) is 43.8 Å². The van der Waals surface area contributed by atoms with E-state index in [2.05, 4.69) is 32.7 Å². The molecular weight excluding hydrogens is 423 g/mol. The van der Waals surface area contributed by atoms with Crippen molar-refractivity contribution in [2.24, 2.45) is 0 Å². The molecule has 0 saturated carbocycles. The maximum atomic E-state index is 12.1. The van der Waals surface area contributed by atoms with Gasteiger partial charge in [-0.3, -0.25) is 4.79 Å². The Morgan fingerprint density at radius 3 is 2.75 bits per heavy atom. The van der Waals surface area contributed by atoms with Gasteiger partial charge in [0.05, 0.1) is 11.2 Å². The molecular formula is C16H15IN4O3. The molecule has 24 heavy (non-hydrogen) atoms. The number of aromatic amines is 1. The number of amides is 1. The number of fused-ring (bicyclic) bond motifs is 3. The van der Waals surface area contributed by atoms with Crippen LogP contribution in [-0.2, 0) is 0 Å². The number of H-pyrrole nitrogens is 1. The van der Waals surface area contributed by atoms with Gasteiger partial charge in [0.15, 0.2) is 0 Å². The summed E-state index contributed by atoms with van der Waals surface area (Å²) >= 11 is 2.24. The van der Waals surface area contributed by atoms with Gasteiger partial charge >= 0.3 is 6.09 Å². The van der Waals surface area contributed by atoms with Gasteiger partial charge in [0.25, 0.3) is 5.56 Å². The van der Waals surface area contributed by atoms with Gasteiger partial charge in [0.2, 0.25) is 0 Å². The lowest BCUT2D eigenvalue weighted by molar-refractivity contribution is 0.131. The molecule has 1 aromatic carbocycles. The average Bonchev–Trinajstić information content (AvgIpc) is 2.92. The fraction of sp³-hybridized carbons (Fsp3) is 0.312. The first-order chi connectivity index (χ1) is 11.5. The Hall–Kier alpha value is -2.10. The first-order valence-corrected chi connectivity index (χ1v) is 8.80. The van der Waals surface area contributed by atoms with Gasteiger partial charge in [0, 0.05) is 34.0 Å². The minimum atomic E-state index is -0.885. The van der Waals surface area contributed by atoms with E-state index in [9.17, 15) is 9.59 Å². The largest absolute Gasteiger partial charge is 0.465 e. The molecule has 1 amide bonds. The number of hydrogen-bond donors (Lipinski definition) is 2. The fourth-order valence-electron chi connectivity index (χ4n) is 3.37. The highest BCUT2D eigenvalue weighted by Gasteiger charge is 2.26. The van der Waals surface area contributed by atoms with Crippen molar-refractivity contribution in [3.63, 3.8) is 0 Å². The number of likely N-dealkylation sites (tertiary alicyclic amines) is 1. The van der Waals surface area contributed by atoms with E-state index in [1.807, 2.05) is 22.7 Å². The van der Waals surface area contributed by atoms with Crippen molar-refractivity contribution in [1.82, 2.24) is 19.5 Å². The summed E-state index contributed by atoms with van der Waals surface area (Å²) in [7, 11) is 0. The third-order valence-corrected chi connectivity index (χ3v) is 5.25. The van der Waals surface area contributed by atoms with Crippen molar-refractivity contribution in [2.75, 3.05) is 13.1 Å². The van der Waals surface area contributed by atoms with Crippen LogP contribution in [0.4, 0.5) is 4.79 Å². The quantitative estimate of drug-likeness (QED) is 0.572. The average molecular weight is 438 g/mol. The summed E-state index contributed by atoms with van der Waals surface area (Å²) in [4.78, 5) is 27.5. The van der Waals surface area contributed by atoms with E-state index in [-0.39, 0.29) is 11.5 Å². The molecule has 1 saturated heterocycles. The summed E-state index contributed by atoms with van der Waals surface area (Å²) in [6.07, 6.45) is 0.501. The minimum absolute atomic E-state index is 0.124. The number of nitrogens with zero attached hydrogens (tertiary/aromatic N) is 3. The normalized spacial score (nSPS) is 16.1. The fourth-order valence-corrected chi connectivity index (χ4v) is 3.86. The summed E-state index contributed by atoms with van der Waals surface area (Å²) in [6.45, 7) is 0.958. The molecule has 1 fully saturated rings. The van der Waals surface area contributed by atoms with E-state index in [4.69, 9.17) is 5.11 Å². The predicted molar refractivity (Wildman–Crippen MR) is 97.6 cm³/mol. The van der Waals surface area contributed by atoms with Gasteiger partial charge in [-0.15, -0.1) is 0 Å². The molecule has 3 heterocycles. The molecule has 0 radical (unpaired) electrons. The third kappa shape index (κ3) is 2.54.